The molecular formula is C14H23BrN2. The summed E-state index contributed by atoms with van der Waals surface area (Å²) in [4.78, 5) is 2.34. The Kier molecular flexibility index (Phi) is 6.00. The monoisotopic (exact) mass is 298 g/mol. The molecular weight excluding hydrogens is 276 g/mol. The van der Waals surface area contributed by atoms with Gasteiger partial charge in [0.15, 0.2) is 0 Å². The first-order chi connectivity index (χ1) is 8.04. The van der Waals surface area contributed by atoms with Gasteiger partial charge in [0.1, 0.15) is 0 Å². The van der Waals surface area contributed by atoms with Crippen molar-refractivity contribution in [2.75, 3.05) is 25.0 Å². The van der Waals surface area contributed by atoms with Crippen LogP contribution < -0.4 is 10.2 Å². The summed E-state index contributed by atoms with van der Waals surface area (Å²) < 4.78 is 1.14. The highest BCUT2D eigenvalue weighted by molar-refractivity contribution is 9.10. The molecule has 1 aromatic rings. The standard InChI is InChI=1S/C14H23BrN2/c1-5-16-9-12-6-7-13(15)8-14(12)17(4)10-11(2)3/h6-8,11,16H,5,9-10H2,1-4H3. The molecule has 0 spiro atoms. The predicted octanol–water partition coefficient (Wildman–Crippen LogP) is 3.65. The van der Waals surface area contributed by atoms with Gasteiger partial charge in [-0.3, -0.25) is 0 Å². The van der Waals surface area contributed by atoms with Crippen LogP contribution in [0.1, 0.15) is 26.3 Å². The molecule has 0 fully saturated rings. The first-order valence-electron chi connectivity index (χ1n) is 6.24. The highest BCUT2D eigenvalue weighted by atomic mass is 79.9. The van der Waals surface area contributed by atoms with E-state index >= 15 is 0 Å². The van der Waals surface area contributed by atoms with Crippen molar-refractivity contribution in [3.8, 4) is 0 Å². The molecule has 2 nitrogen and oxygen atoms in total. The zero-order valence-electron chi connectivity index (χ0n) is 11.3. The van der Waals surface area contributed by atoms with E-state index < -0.39 is 0 Å². The molecule has 96 valence electrons. The van der Waals surface area contributed by atoms with Crippen LogP contribution in [0.4, 0.5) is 5.69 Å². The fourth-order valence-electron chi connectivity index (χ4n) is 1.95. The van der Waals surface area contributed by atoms with Gasteiger partial charge in [0.2, 0.25) is 0 Å². The molecule has 0 atom stereocenters. The van der Waals surface area contributed by atoms with E-state index in [1.807, 2.05) is 0 Å². The molecule has 0 radical (unpaired) electrons. The van der Waals surface area contributed by atoms with Gasteiger partial charge in [-0.1, -0.05) is 42.8 Å². The average molecular weight is 299 g/mol. The molecule has 0 saturated heterocycles. The van der Waals surface area contributed by atoms with Crippen LogP contribution in [0, 0.1) is 5.92 Å². The first kappa shape index (κ1) is 14.5. The maximum Gasteiger partial charge on any atom is 0.0420 e. The second-order valence-corrected chi connectivity index (χ2v) is 5.74. The summed E-state index contributed by atoms with van der Waals surface area (Å²) in [6, 6.07) is 6.51. The number of hydrogen-bond acceptors (Lipinski definition) is 2. The minimum atomic E-state index is 0.672. The normalized spacial score (nSPS) is 10.9. The van der Waals surface area contributed by atoms with Gasteiger partial charge in [-0.15, -0.1) is 0 Å². The number of anilines is 1. The highest BCUT2D eigenvalue weighted by Crippen LogP contribution is 2.25. The van der Waals surface area contributed by atoms with Gasteiger partial charge in [0, 0.05) is 30.3 Å². The molecule has 0 aliphatic carbocycles. The molecule has 0 saturated carbocycles. The van der Waals surface area contributed by atoms with Crippen molar-refractivity contribution in [1.82, 2.24) is 5.32 Å². The quantitative estimate of drug-likeness (QED) is 0.862. The SMILES string of the molecule is CCNCc1ccc(Br)cc1N(C)CC(C)C. The fourth-order valence-corrected chi connectivity index (χ4v) is 2.30. The lowest BCUT2D eigenvalue weighted by Gasteiger charge is -2.24. The number of nitrogens with zero attached hydrogens (tertiary/aromatic N) is 1. The predicted molar refractivity (Wildman–Crippen MR) is 79.6 cm³/mol. The van der Waals surface area contributed by atoms with Crippen LogP contribution in [0.3, 0.4) is 0 Å². The van der Waals surface area contributed by atoms with E-state index in [4.69, 9.17) is 0 Å². The Morgan fingerprint density at radius 1 is 1.35 bits per heavy atom. The number of nitrogens with one attached hydrogen (secondary N) is 1. The minimum Gasteiger partial charge on any atom is -0.374 e. The van der Waals surface area contributed by atoms with Crippen LogP contribution in [-0.4, -0.2) is 20.1 Å². The Balaban J connectivity index is 2.89. The van der Waals surface area contributed by atoms with Crippen LogP contribution in [0.15, 0.2) is 22.7 Å². The zero-order valence-corrected chi connectivity index (χ0v) is 12.8. The third-order valence-corrected chi connectivity index (χ3v) is 3.16. The summed E-state index contributed by atoms with van der Waals surface area (Å²) in [6.07, 6.45) is 0. The molecule has 1 N–H and O–H groups in total. The summed E-state index contributed by atoms with van der Waals surface area (Å²) in [6.45, 7) is 9.65. The molecule has 1 aromatic carbocycles. The Labute approximate surface area is 114 Å². The summed E-state index contributed by atoms with van der Waals surface area (Å²) >= 11 is 3.55. The second kappa shape index (κ2) is 7.02. The van der Waals surface area contributed by atoms with Crippen molar-refractivity contribution in [1.29, 1.82) is 0 Å². The van der Waals surface area contributed by atoms with Gasteiger partial charge in [0.25, 0.3) is 0 Å². The Hall–Kier alpha value is -0.540. The van der Waals surface area contributed by atoms with Crippen LogP contribution in [0.2, 0.25) is 0 Å². The van der Waals surface area contributed by atoms with Crippen molar-refractivity contribution in [3.05, 3.63) is 28.2 Å². The molecule has 17 heavy (non-hydrogen) atoms. The van der Waals surface area contributed by atoms with E-state index in [2.05, 4.69) is 72.2 Å². The van der Waals surface area contributed by atoms with E-state index in [1.165, 1.54) is 11.3 Å². The Bertz CT molecular complexity index is 350. The van der Waals surface area contributed by atoms with Gasteiger partial charge >= 0.3 is 0 Å². The third kappa shape index (κ3) is 4.68. The molecule has 1 rings (SSSR count). The van der Waals surface area contributed by atoms with Gasteiger partial charge in [0.05, 0.1) is 0 Å². The van der Waals surface area contributed by atoms with Crippen molar-refractivity contribution in [2.24, 2.45) is 5.92 Å². The number of rotatable bonds is 6. The molecule has 0 amide bonds. The number of halogens is 1. The summed E-state index contributed by atoms with van der Waals surface area (Å²) in [5.41, 5.74) is 2.67. The van der Waals surface area contributed by atoms with Crippen molar-refractivity contribution >= 4 is 21.6 Å². The van der Waals surface area contributed by atoms with E-state index in [-0.39, 0.29) is 0 Å². The third-order valence-electron chi connectivity index (χ3n) is 2.66. The van der Waals surface area contributed by atoms with Crippen molar-refractivity contribution in [3.63, 3.8) is 0 Å². The van der Waals surface area contributed by atoms with Gasteiger partial charge in [-0.2, -0.15) is 0 Å². The maximum absolute atomic E-state index is 3.55. The van der Waals surface area contributed by atoms with E-state index in [0.717, 1.165) is 24.1 Å². The summed E-state index contributed by atoms with van der Waals surface area (Å²) in [5.74, 6) is 0.672. The van der Waals surface area contributed by atoms with Crippen molar-refractivity contribution in [2.45, 2.75) is 27.3 Å². The van der Waals surface area contributed by atoms with Gasteiger partial charge < -0.3 is 10.2 Å². The summed E-state index contributed by atoms with van der Waals surface area (Å²) in [7, 11) is 2.16. The number of benzene rings is 1. The molecule has 0 aliphatic rings. The average Bonchev–Trinajstić information content (AvgIpc) is 2.26. The smallest absolute Gasteiger partial charge is 0.0420 e. The summed E-state index contributed by atoms with van der Waals surface area (Å²) in [5, 5.41) is 3.39. The lowest BCUT2D eigenvalue weighted by molar-refractivity contribution is 0.634. The minimum absolute atomic E-state index is 0.672. The van der Waals surface area contributed by atoms with E-state index in [0.29, 0.717) is 5.92 Å². The van der Waals surface area contributed by atoms with E-state index in [9.17, 15) is 0 Å². The molecule has 0 aromatic heterocycles. The van der Waals surface area contributed by atoms with Crippen LogP contribution in [0.5, 0.6) is 0 Å². The Morgan fingerprint density at radius 3 is 2.65 bits per heavy atom. The molecule has 0 heterocycles. The van der Waals surface area contributed by atoms with Crippen LogP contribution in [-0.2, 0) is 6.54 Å². The highest BCUT2D eigenvalue weighted by Gasteiger charge is 2.09. The largest absolute Gasteiger partial charge is 0.374 e. The topological polar surface area (TPSA) is 15.3 Å². The second-order valence-electron chi connectivity index (χ2n) is 4.83. The zero-order chi connectivity index (χ0) is 12.8. The lowest BCUT2D eigenvalue weighted by Crippen LogP contribution is -2.25. The van der Waals surface area contributed by atoms with Crippen LogP contribution in [0.25, 0.3) is 0 Å². The molecule has 0 aliphatic heterocycles. The number of hydrogen-bond donors (Lipinski definition) is 1. The first-order valence-corrected chi connectivity index (χ1v) is 7.04. The van der Waals surface area contributed by atoms with Gasteiger partial charge in [-0.25, -0.2) is 0 Å². The molecule has 3 heteroatoms. The lowest BCUT2D eigenvalue weighted by atomic mass is 10.1. The maximum atomic E-state index is 3.55. The fraction of sp³-hybridized carbons (Fsp3) is 0.571. The Morgan fingerprint density at radius 2 is 2.06 bits per heavy atom. The molecule has 0 unspecified atom stereocenters. The van der Waals surface area contributed by atoms with Crippen LogP contribution >= 0.6 is 15.9 Å². The van der Waals surface area contributed by atoms with E-state index in [1.54, 1.807) is 0 Å². The van der Waals surface area contributed by atoms with Crippen molar-refractivity contribution < 1.29 is 0 Å². The molecule has 0 bridgehead atoms. The van der Waals surface area contributed by atoms with Gasteiger partial charge in [-0.05, 0) is 30.2 Å².